The molecule has 0 aromatic heterocycles. The van der Waals surface area contributed by atoms with Crippen LogP contribution in [-0.4, -0.2) is 12.3 Å². The van der Waals surface area contributed by atoms with Crippen molar-refractivity contribution in [1.29, 1.82) is 0 Å². The molecule has 0 aromatic carbocycles. The van der Waals surface area contributed by atoms with E-state index in [1.807, 2.05) is 0 Å². The fourth-order valence-corrected chi connectivity index (χ4v) is 0.124. The lowest BCUT2D eigenvalue weighted by Gasteiger charge is -2.08. The van der Waals surface area contributed by atoms with Gasteiger partial charge in [-0.3, -0.25) is 0 Å². The quantitative estimate of drug-likeness (QED) is 0.504. The summed E-state index contributed by atoms with van der Waals surface area (Å²) in [7, 11) is 0. The molecule has 0 nitrogen and oxygen atoms in total. The summed E-state index contributed by atoms with van der Waals surface area (Å²) in [5.41, 5.74) is 0. The zero-order valence-corrected chi connectivity index (χ0v) is 3.85. The second kappa shape index (κ2) is 2.45. The van der Waals surface area contributed by atoms with Gasteiger partial charge in [0.2, 0.25) is 0 Å². The topological polar surface area (TPSA) is 0 Å². The summed E-state index contributed by atoms with van der Waals surface area (Å²) in [5, 5.41) is 0. The molecule has 0 aliphatic rings. The van der Waals surface area contributed by atoms with Crippen molar-refractivity contribution in [2.75, 3.05) is 0 Å². The number of hydrogen-bond donors (Lipinski definition) is 0. The van der Waals surface area contributed by atoms with Crippen LogP contribution in [0.3, 0.4) is 0 Å². The molecule has 0 saturated heterocycles. The molecule has 0 spiro atoms. The van der Waals surface area contributed by atoms with Crippen molar-refractivity contribution in [3.63, 3.8) is 0 Å². The van der Waals surface area contributed by atoms with Crippen molar-refractivity contribution in [2.45, 2.75) is 12.3 Å². The summed E-state index contributed by atoms with van der Waals surface area (Å²) >= 11 is 0. The van der Waals surface area contributed by atoms with E-state index >= 15 is 0 Å². The van der Waals surface area contributed by atoms with Crippen LogP contribution in [0.4, 0.5) is 26.3 Å². The van der Waals surface area contributed by atoms with E-state index in [9.17, 15) is 26.3 Å². The molecular weight excluding hydrogens is 150 g/mol. The van der Waals surface area contributed by atoms with Gasteiger partial charge in [-0.2, -0.15) is 22.0 Å². The average molecular weight is 151 g/mol. The van der Waals surface area contributed by atoms with Gasteiger partial charge < -0.3 is 0 Å². The predicted molar refractivity (Wildman–Crippen MR) is 16.4 cm³/mol. The van der Waals surface area contributed by atoms with Gasteiger partial charge in [-0.15, -0.1) is 0 Å². The third-order valence-electron chi connectivity index (χ3n) is 0.479. The SMILES string of the molecule is F[C](F)C(F)C(F)(F)F. The minimum atomic E-state index is -5.47. The summed E-state index contributed by atoms with van der Waals surface area (Å²) in [6.07, 6.45) is -12.8. The highest BCUT2D eigenvalue weighted by molar-refractivity contribution is 4.80. The van der Waals surface area contributed by atoms with Crippen LogP contribution in [0.5, 0.6) is 0 Å². The molecular formula is C3HF6. The highest BCUT2D eigenvalue weighted by Crippen LogP contribution is 2.30. The van der Waals surface area contributed by atoms with Crippen LogP contribution >= 0.6 is 0 Å². The third kappa shape index (κ3) is 2.57. The van der Waals surface area contributed by atoms with Crippen LogP contribution in [0.1, 0.15) is 0 Å². The minimum Gasteiger partial charge on any atom is -0.230 e. The fraction of sp³-hybridized carbons (Fsp3) is 0.667. The van der Waals surface area contributed by atoms with Crippen molar-refractivity contribution in [2.24, 2.45) is 0 Å². The molecule has 1 atom stereocenters. The molecule has 0 heterocycles. The molecule has 9 heavy (non-hydrogen) atoms. The summed E-state index contributed by atoms with van der Waals surface area (Å²) in [6.45, 7) is 0. The first-order valence-electron chi connectivity index (χ1n) is 1.74. The maximum absolute atomic E-state index is 11.1. The zero-order chi connectivity index (χ0) is 7.65. The van der Waals surface area contributed by atoms with Crippen molar-refractivity contribution in [3.8, 4) is 0 Å². The lowest BCUT2D eigenvalue weighted by Crippen LogP contribution is -2.26. The molecule has 0 N–H and O–H groups in total. The Morgan fingerprint density at radius 1 is 1.11 bits per heavy atom. The van der Waals surface area contributed by atoms with Gasteiger partial charge in [-0.05, 0) is 0 Å². The van der Waals surface area contributed by atoms with E-state index in [1.54, 1.807) is 0 Å². The molecule has 0 bridgehead atoms. The molecule has 0 saturated carbocycles. The molecule has 1 radical (unpaired) electrons. The first-order chi connectivity index (χ1) is 3.85. The average Bonchev–Trinajstić information content (AvgIpc) is 1.62. The Labute approximate surface area is 46.5 Å². The Balaban J connectivity index is 3.88. The maximum atomic E-state index is 11.1. The Kier molecular flexibility index (Phi) is 2.33. The molecule has 55 valence electrons. The van der Waals surface area contributed by atoms with Crippen molar-refractivity contribution in [3.05, 3.63) is 6.43 Å². The first kappa shape index (κ1) is 8.58. The van der Waals surface area contributed by atoms with Gasteiger partial charge in [0, 0.05) is 0 Å². The second-order valence-electron chi connectivity index (χ2n) is 1.19. The van der Waals surface area contributed by atoms with E-state index in [2.05, 4.69) is 0 Å². The van der Waals surface area contributed by atoms with E-state index in [0.29, 0.717) is 0 Å². The first-order valence-corrected chi connectivity index (χ1v) is 1.74. The van der Waals surface area contributed by atoms with E-state index in [1.165, 1.54) is 0 Å². The maximum Gasteiger partial charge on any atom is 0.425 e. The minimum absolute atomic E-state index is 3.26. The molecule has 1 unspecified atom stereocenters. The largest absolute Gasteiger partial charge is 0.425 e. The van der Waals surface area contributed by atoms with Crippen molar-refractivity contribution >= 4 is 0 Å². The van der Waals surface area contributed by atoms with Crippen LogP contribution in [0, 0.1) is 6.43 Å². The monoisotopic (exact) mass is 151 g/mol. The highest BCUT2D eigenvalue weighted by atomic mass is 19.4. The van der Waals surface area contributed by atoms with Crippen LogP contribution in [0.25, 0.3) is 0 Å². The fourth-order valence-electron chi connectivity index (χ4n) is 0.124. The number of rotatable bonds is 1. The Morgan fingerprint density at radius 2 is 1.44 bits per heavy atom. The molecule has 0 rings (SSSR count). The van der Waals surface area contributed by atoms with Crippen LogP contribution < -0.4 is 0 Å². The summed E-state index contributed by atoms with van der Waals surface area (Å²) in [4.78, 5) is 0. The van der Waals surface area contributed by atoms with Crippen LogP contribution in [0.15, 0.2) is 0 Å². The van der Waals surface area contributed by atoms with Crippen molar-refractivity contribution < 1.29 is 26.3 Å². The lowest BCUT2D eigenvalue weighted by atomic mass is 10.4. The molecule has 0 aliphatic heterocycles. The molecule has 0 amide bonds. The summed E-state index contributed by atoms with van der Waals surface area (Å²) in [5.74, 6) is 0. The van der Waals surface area contributed by atoms with E-state index < -0.39 is 18.8 Å². The Bertz CT molecular complexity index is 82.8. The van der Waals surface area contributed by atoms with E-state index in [-0.39, 0.29) is 0 Å². The highest BCUT2D eigenvalue weighted by Gasteiger charge is 2.47. The summed E-state index contributed by atoms with van der Waals surface area (Å²) in [6, 6.07) is 0. The summed E-state index contributed by atoms with van der Waals surface area (Å²) < 4.78 is 65.1. The van der Waals surface area contributed by atoms with Gasteiger partial charge in [0.15, 0.2) is 0 Å². The van der Waals surface area contributed by atoms with Gasteiger partial charge in [-0.1, -0.05) is 0 Å². The zero-order valence-electron chi connectivity index (χ0n) is 3.85. The third-order valence-corrected chi connectivity index (χ3v) is 0.479. The smallest absolute Gasteiger partial charge is 0.230 e. The van der Waals surface area contributed by atoms with Gasteiger partial charge in [0.05, 0.1) is 0 Å². The second-order valence-corrected chi connectivity index (χ2v) is 1.19. The van der Waals surface area contributed by atoms with Crippen molar-refractivity contribution in [1.82, 2.24) is 0 Å². The Morgan fingerprint density at radius 3 is 1.44 bits per heavy atom. The molecule has 0 aromatic rings. The van der Waals surface area contributed by atoms with Gasteiger partial charge in [-0.25, -0.2) is 4.39 Å². The van der Waals surface area contributed by atoms with Crippen LogP contribution in [-0.2, 0) is 0 Å². The Hall–Kier alpha value is -0.420. The van der Waals surface area contributed by atoms with Gasteiger partial charge in [0.1, 0.15) is 0 Å². The standard InChI is InChI=1S/C3HF6/c4-1(2(5)6)3(7,8)9/h1H. The molecule has 6 heteroatoms. The van der Waals surface area contributed by atoms with E-state index in [4.69, 9.17) is 0 Å². The number of hydrogen-bond acceptors (Lipinski definition) is 0. The molecule has 0 aliphatic carbocycles. The van der Waals surface area contributed by atoms with Gasteiger partial charge in [0.25, 0.3) is 6.17 Å². The van der Waals surface area contributed by atoms with E-state index in [0.717, 1.165) is 0 Å². The van der Waals surface area contributed by atoms with Crippen LogP contribution in [0.2, 0.25) is 0 Å². The number of halogens is 6. The van der Waals surface area contributed by atoms with Gasteiger partial charge >= 0.3 is 12.6 Å². The normalized spacial score (nSPS) is 16.3. The molecule has 0 fully saturated rings. The number of alkyl halides is 4. The lowest BCUT2D eigenvalue weighted by molar-refractivity contribution is -0.190. The predicted octanol–water partition coefficient (Wildman–Crippen LogP) is 2.32.